The van der Waals surface area contributed by atoms with E-state index in [0.29, 0.717) is 12.8 Å². The van der Waals surface area contributed by atoms with Gasteiger partial charge in [-0.2, -0.15) is 0 Å². The van der Waals surface area contributed by atoms with Crippen molar-refractivity contribution in [2.24, 2.45) is 0 Å². The summed E-state index contributed by atoms with van der Waals surface area (Å²) in [6.07, 6.45) is 47.0. The lowest BCUT2D eigenvalue weighted by Gasteiger charge is -2.18. The van der Waals surface area contributed by atoms with Gasteiger partial charge >= 0.3 is 19.8 Å². The van der Waals surface area contributed by atoms with Gasteiger partial charge in [0.1, 0.15) is 6.61 Å². The Balaban J connectivity index is 3.94. The van der Waals surface area contributed by atoms with E-state index < -0.39 is 32.5 Å². The molecule has 0 radical (unpaired) electrons. The van der Waals surface area contributed by atoms with Crippen molar-refractivity contribution in [1.29, 1.82) is 0 Å². The van der Waals surface area contributed by atoms with Gasteiger partial charge in [0.25, 0.3) is 0 Å². The largest absolute Gasteiger partial charge is 0.469 e. The van der Waals surface area contributed by atoms with E-state index in [-0.39, 0.29) is 19.4 Å². The summed E-state index contributed by atoms with van der Waals surface area (Å²) in [4.78, 5) is 42.8. The van der Waals surface area contributed by atoms with Crippen molar-refractivity contribution in [3.63, 3.8) is 0 Å². The fraction of sp³-hybridized carbons (Fsp3) is 0.767. The molecule has 0 spiro atoms. The molecule has 0 rings (SSSR count). The van der Waals surface area contributed by atoms with E-state index in [1.807, 2.05) is 0 Å². The van der Waals surface area contributed by atoms with Gasteiger partial charge in [0, 0.05) is 12.8 Å². The smallest absolute Gasteiger partial charge is 0.462 e. The predicted octanol–water partition coefficient (Wildman–Crippen LogP) is 12.7. The highest BCUT2D eigenvalue weighted by molar-refractivity contribution is 7.46. The van der Waals surface area contributed by atoms with Gasteiger partial charge in [-0.15, -0.1) is 0 Å². The maximum Gasteiger partial charge on any atom is 0.469 e. The van der Waals surface area contributed by atoms with Crippen molar-refractivity contribution >= 4 is 19.8 Å². The Morgan fingerprint density at radius 2 is 0.923 bits per heavy atom. The molecule has 1 atom stereocenters. The average Bonchev–Trinajstić information content (AvgIpc) is 3.11. The zero-order valence-corrected chi connectivity index (χ0v) is 34.1. The molecule has 0 aliphatic heterocycles. The van der Waals surface area contributed by atoms with E-state index >= 15 is 0 Å². The second-order valence-electron chi connectivity index (χ2n) is 13.9. The summed E-state index contributed by atoms with van der Waals surface area (Å²) in [5.41, 5.74) is 0. The topological polar surface area (TPSA) is 119 Å². The van der Waals surface area contributed by atoms with E-state index in [1.165, 1.54) is 96.3 Å². The van der Waals surface area contributed by atoms with Crippen LogP contribution in [0.2, 0.25) is 0 Å². The predicted molar refractivity (Wildman–Crippen MR) is 216 cm³/mol. The van der Waals surface area contributed by atoms with Crippen LogP contribution in [0.4, 0.5) is 0 Å². The first-order valence-electron chi connectivity index (χ1n) is 20.9. The van der Waals surface area contributed by atoms with Gasteiger partial charge in [-0.25, -0.2) is 4.57 Å². The number of rotatable bonds is 38. The number of ether oxygens (including phenoxy) is 2. The summed E-state index contributed by atoms with van der Waals surface area (Å²) in [6.45, 7) is 3.55. The maximum atomic E-state index is 12.4. The Bertz CT molecular complexity index is 984. The van der Waals surface area contributed by atoms with Crippen molar-refractivity contribution in [2.75, 3.05) is 13.2 Å². The van der Waals surface area contributed by atoms with E-state index in [0.717, 1.165) is 57.8 Å². The van der Waals surface area contributed by atoms with Crippen LogP contribution in [0.5, 0.6) is 0 Å². The summed E-state index contributed by atoms with van der Waals surface area (Å²) >= 11 is 0. The molecule has 52 heavy (non-hydrogen) atoms. The van der Waals surface area contributed by atoms with Crippen LogP contribution in [0, 0.1) is 0 Å². The third kappa shape index (κ3) is 40.8. The first-order valence-corrected chi connectivity index (χ1v) is 22.5. The van der Waals surface area contributed by atoms with E-state index in [4.69, 9.17) is 19.3 Å². The number of hydrogen-bond acceptors (Lipinski definition) is 6. The molecule has 302 valence electrons. The van der Waals surface area contributed by atoms with Gasteiger partial charge < -0.3 is 19.3 Å². The molecule has 0 fully saturated rings. The van der Waals surface area contributed by atoms with Gasteiger partial charge in [0.15, 0.2) is 6.10 Å². The van der Waals surface area contributed by atoms with Crippen molar-refractivity contribution in [1.82, 2.24) is 0 Å². The third-order valence-electron chi connectivity index (χ3n) is 8.86. The highest BCUT2D eigenvalue weighted by Gasteiger charge is 2.22. The lowest BCUT2D eigenvalue weighted by atomic mass is 10.0. The zero-order chi connectivity index (χ0) is 38.2. The minimum atomic E-state index is -4.76. The Kier molecular flexibility index (Phi) is 37.2. The molecule has 0 aromatic rings. The second-order valence-corrected chi connectivity index (χ2v) is 15.2. The summed E-state index contributed by atoms with van der Waals surface area (Å²) in [6, 6.07) is 0. The number of hydrogen-bond donors (Lipinski definition) is 2. The molecule has 2 N–H and O–H groups in total. The van der Waals surface area contributed by atoms with E-state index in [1.54, 1.807) is 0 Å². The minimum absolute atomic E-state index is 0.205. The fourth-order valence-corrected chi connectivity index (χ4v) is 6.14. The molecule has 0 aliphatic rings. The van der Waals surface area contributed by atoms with Gasteiger partial charge in [-0.05, 0) is 51.4 Å². The molecular weight excluding hydrogens is 675 g/mol. The zero-order valence-electron chi connectivity index (χ0n) is 33.2. The molecule has 0 saturated carbocycles. The highest BCUT2D eigenvalue weighted by atomic mass is 31.2. The quantitative estimate of drug-likeness (QED) is 0.0277. The van der Waals surface area contributed by atoms with Crippen LogP contribution in [0.15, 0.2) is 48.6 Å². The maximum absolute atomic E-state index is 12.4. The number of esters is 2. The van der Waals surface area contributed by atoms with Crippen molar-refractivity contribution in [2.45, 2.75) is 200 Å². The minimum Gasteiger partial charge on any atom is -0.462 e. The summed E-state index contributed by atoms with van der Waals surface area (Å²) in [5, 5.41) is 0. The van der Waals surface area contributed by atoms with Crippen molar-refractivity contribution < 1.29 is 37.9 Å². The standard InChI is InChI=1S/C43H77O8P/c1-3-5-7-9-11-13-15-17-19-20-21-22-24-26-28-30-32-34-36-38-43(45)51-41(40-50-52(46,47)48)39-49-42(44)37-35-33-31-29-27-25-23-18-16-14-12-10-8-6-4-2/h6,8,12,14,18,23,27,29,41H,3-5,7,9-11,13,15-17,19-22,24-26,28,30-40H2,1-2H3,(H2,46,47,48)/b8-6+,14-12+,23-18+,29-27+/t41-/m1/s1. The number of allylic oxidation sites excluding steroid dienone is 8. The molecule has 0 unspecified atom stereocenters. The number of unbranched alkanes of at least 4 members (excludes halogenated alkanes) is 20. The van der Waals surface area contributed by atoms with Crippen LogP contribution in [-0.2, 0) is 28.2 Å². The molecule has 0 aliphatic carbocycles. The van der Waals surface area contributed by atoms with Crippen molar-refractivity contribution in [3.05, 3.63) is 48.6 Å². The normalized spacial score (nSPS) is 12.9. The van der Waals surface area contributed by atoms with E-state index in [9.17, 15) is 14.2 Å². The molecule has 0 saturated heterocycles. The Morgan fingerprint density at radius 3 is 1.38 bits per heavy atom. The van der Waals surface area contributed by atoms with Crippen LogP contribution < -0.4 is 0 Å². The van der Waals surface area contributed by atoms with Crippen LogP contribution in [0.3, 0.4) is 0 Å². The van der Waals surface area contributed by atoms with Gasteiger partial charge in [0.2, 0.25) is 0 Å². The summed E-state index contributed by atoms with van der Waals surface area (Å²) in [5.74, 6) is -0.929. The van der Waals surface area contributed by atoms with E-state index in [2.05, 4.69) is 67.0 Å². The molecule has 0 bridgehead atoms. The first kappa shape index (κ1) is 50.0. The monoisotopic (exact) mass is 753 g/mol. The molecule has 0 heterocycles. The van der Waals surface area contributed by atoms with Crippen LogP contribution in [-0.4, -0.2) is 41.0 Å². The molecule has 0 aromatic carbocycles. The highest BCUT2D eigenvalue weighted by Crippen LogP contribution is 2.36. The summed E-state index contributed by atoms with van der Waals surface area (Å²) in [7, 11) is -4.76. The molecule has 0 amide bonds. The van der Waals surface area contributed by atoms with Crippen LogP contribution in [0.25, 0.3) is 0 Å². The number of carbonyl (C=O) groups is 2. The number of carbonyl (C=O) groups excluding carboxylic acids is 2. The second kappa shape index (κ2) is 38.7. The fourth-order valence-electron chi connectivity index (χ4n) is 5.78. The summed E-state index contributed by atoms with van der Waals surface area (Å²) < 4.78 is 26.3. The molecule has 0 aromatic heterocycles. The molecular formula is C43H77O8P. The Labute approximate surface area is 318 Å². The number of phosphoric ester groups is 1. The lowest BCUT2D eigenvalue weighted by molar-refractivity contribution is -0.161. The Hall–Kier alpha value is -1.99. The SMILES string of the molecule is CC/C=C/C/C=C/C/C=C/C/C=C/CCCCC(=O)OC[C@H](COP(=O)(O)O)OC(=O)CCCCCCCCCCCCCCCCCCCCC. The molecule has 8 nitrogen and oxygen atoms in total. The first-order chi connectivity index (χ1) is 25.3. The van der Waals surface area contributed by atoms with Crippen LogP contribution >= 0.6 is 7.82 Å². The lowest BCUT2D eigenvalue weighted by Crippen LogP contribution is -2.29. The van der Waals surface area contributed by atoms with Gasteiger partial charge in [-0.1, -0.05) is 178 Å². The Morgan fingerprint density at radius 1 is 0.519 bits per heavy atom. The van der Waals surface area contributed by atoms with Gasteiger partial charge in [-0.3, -0.25) is 14.1 Å². The van der Waals surface area contributed by atoms with Gasteiger partial charge in [0.05, 0.1) is 6.61 Å². The van der Waals surface area contributed by atoms with Crippen LogP contribution in [0.1, 0.15) is 194 Å². The molecule has 9 heteroatoms. The average molecular weight is 753 g/mol. The van der Waals surface area contributed by atoms with Crippen molar-refractivity contribution in [3.8, 4) is 0 Å². The number of phosphoric acid groups is 1. The third-order valence-corrected chi connectivity index (χ3v) is 9.35.